The summed E-state index contributed by atoms with van der Waals surface area (Å²) in [6.07, 6.45) is 0. The van der Waals surface area contributed by atoms with E-state index in [1.165, 1.54) is 7.11 Å². The van der Waals surface area contributed by atoms with Gasteiger partial charge in [0.05, 0.1) is 12.7 Å². The van der Waals surface area contributed by atoms with Crippen LogP contribution >= 0.6 is 11.6 Å². The van der Waals surface area contributed by atoms with Gasteiger partial charge in [-0.15, -0.1) is 0 Å². The third-order valence-electron chi connectivity index (χ3n) is 2.98. The molecule has 0 aliphatic carbocycles. The first-order chi connectivity index (χ1) is 10.5. The van der Waals surface area contributed by atoms with Gasteiger partial charge in [0.2, 0.25) is 0 Å². The summed E-state index contributed by atoms with van der Waals surface area (Å²) in [4.78, 5) is 23.5. The van der Waals surface area contributed by atoms with Crippen molar-refractivity contribution < 1.29 is 14.3 Å². The van der Waals surface area contributed by atoms with Gasteiger partial charge in [-0.1, -0.05) is 17.7 Å². The van der Waals surface area contributed by atoms with Crippen molar-refractivity contribution in [3.05, 3.63) is 58.6 Å². The Morgan fingerprint density at radius 1 is 1.09 bits per heavy atom. The summed E-state index contributed by atoms with van der Waals surface area (Å²) in [6, 6.07) is 11.3. The number of methoxy groups -OCH3 is 1. The first-order valence-electron chi connectivity index (χ1n) is 6.52. The number of nitrogens with one attached hydrogen (secondary N) is 2. The van der Waals surface area contributed by atoms with Crippen molar-refractivity contribution in [2.24, 2.45) is 0 Å². The first kappa shape index (κ1) is 15.9. The highest BCUT2D eigenvalue weighted by Gasteiger charge is 2.08. The van der Waals surface area contributed by atoms with Gasteiger partial charge in [0.15, 0.2) is 0 Å². The number of aryl methyl sites for hydroxylation is 1. The molecular weight excluding hydrogens is 304 g/mol. The number of carbonyl (C=O) groups is 2. The topological polar surface area (TPSA) is 67.4 Å². The van der Waals surface area contributed by atoms with E-state index in [1.54, 1.807) is 42.5 Å². The zero-order valence-electron chi connectivity index (χ0n) is 12.1. The predicted molar refractivity (Wildman–Crippen MR) is 86.6 cm³/mol. The van der Waals surface area contributed by atoms with Crippen LogP contribution in [0.4, 0.5) is 16.2 Å². The van der Waals surface area contributed by atoms with Gasteiger partial charge in [-0.05, 0) is 48.9 Å². The molecule has 2 aromatic carbocycles. The van der Waals surface area contributed by atoms with Gasteiger partial charge in [-0.25, -0.2) is 9.59 Å². The highest BCUT2D eigenvalue weighted by atomic mass is 35.5. The molecule has 22 heavy (non-hydrogen) atoms. The second-order valence-corrected chi connectivity index (χ2v) is 5.05. The lowest BCUT2D eigenvalue weighted by atomic mass is 10.2. The van der Waals surface area contributed by atoms with E-state index in [0.29, 0.717) is 22.0 Å². The predicted octanol–water partition coefficient (Wildman–Crippen LogP) is 4.08. The average Bonchev–Trinajstić information content (AvgIpc) is 2.49. The second-order valence-electron chi connectivity index (χ2n) is 4.61. The maximum absolute atomic E-state index is 12.0. The van der Waals surface area contributed by atoms with Gasteiger partial charge < -0.3 is 15.4 Å². The highest BCUT2D eigenvalue weighted by molar-refractivity contribution is 6.30. The number of carbonyl (C=O) groups excluding carboxylic acids is 2. The number of amides is 2. The molecule has 114 valence electrons. The van der Waals surface area contributed by atoms with Crippen LogP contribution in [0.1, 0.15) is 15.9 Å². The number of esters is 1. The van der Waals surface area contributed by atoms with Gasteiger partial charge in [0.25, 0.3) is 0 Å². The van der Waals surface area contributed by atoms with Crippen LogP contribution in [0.25, 0.3) is 0 Å². The van der Waals surface area contributed by atoms with Crippen LogP contribution in [0, 0.1) is 6.92 Å². The Bertz CT molecular complexity index is 716. The fourth-order valence-electron chi connectivity index (χ4n) is 1.89. The van der Waals surface area contributed by atoms with E-state index in [1.807, 2.05) is 6.92 Å². The van der Waals surface area contributed by atoms with E-state index < -0.39 is 12.0 Å². The largest absolute Gasteiger partial charge is 0.465 e. The lowest BCUT2D eigenvalue weighted by molar-refractivity contribution is 0.0600. The van der Waals surface area contributed by atoms with Gasteiger partial charge >= 0.3 is 12.0 Å². The van der Waals surface area contributed by atoms with Crippen molar-refractivity contribution >= 4 is 35.0 Å². The molecular formula is C16H15ClN2O3. The maximum atomic E-state index is 12.0. The van der Waals surface area contributed by atoms with Crippen LogP contribution in [0.5, 0.6) is 0 Å². The quantitative estimate of drug-likeness (QED) is 0.838. The molecule has 2 amide bonds. The highest BCUT2D eigenvalue weighted by Crippen LogP contribution is 2.20. The molecule has 6 heteroatoms. The molecule has 0 bridgehead atoms. The van der Waals surface area contributed by atoms with Crippen molar-refractivity contribution in [1.82, 2.24) is 0 Å². The van der Waals surface area contributed by atoms with Gasteiger partial charge in [-0.2, -0.15) is 0 Å². The molecule has 2 rings (SSSR count). The molecule has 0 radical (unpaired) electrons. The number of anilines is 2. The van der Waals surface area contributed by atoms with Crippen molar-refractivity contribution in [2.75, 3.05) is 17.7 Å². The lowest BCUT2D eigenvalue weighted by Crippen LogP contribution is -2.20. The van der Waals surface area contributed by atoms with E-state index in [9.17, 15) is 9.59 Å². The molecule has 0 heterocycles. The Labute approximate surface area is 133 Å². The van der Waals surface area contributed by atoms with Crippen molar-refractivity contribution in [3.8, 4) is 0 Å². The molecule has 0 atom stereocenters. The van der Waals surface area contributed by atoms with E-state index in [2.05, 4.69) is 15.4 Å². The minimum atomic E-state index is -0.461. The third-order valence-corrected chi connectivity index (χ3v) is 3.21. The Kier molecular flexibility index (Phi) is 5.01. The zero-order chi connectivity index (χ0) is 16.1. The molecule has 2 aromatic rings. The molecule has 5 nitrogen and oxygen atoms in total. The molecule has 0 saturated carbocycles. The van der Waals surface area contributed by atoms with Crippen molar-refractivity contribution in [1.29, 1.82) is 0 Å². The third kappa shape index (κ3) is 3.99. The Morgan fingerprint density at radius 2 is 1.86 bits per heavy atom. The Hall–Kier alpha value is -2.53. The number of benzene rings is 2. The SMILES string of the molecule is COC(=O)c1cccc(NC(=O)Nc2ccc(Cl)cc2C)c1. The minimum Gasteiger partial charge on any atom is -0.465 e. The van der Waals surface area contributed by atoms with Crippen LogP contribution in [-0.2, 0) is 4.74 Å². The molecule has 0 unspecified atom stereocenters. The van der Waals surface area contributed by atoms with Gasteiger partial charge in [0.1, 0.15) is 0 Å². The van der Waals surface area contributed by atoms with Crippen LogP contribution in [0.2, 0.25) is 5.02 Å². The molecule has 0 saturated heterocycles. The van der Waals surface area contributed by atoms with Gasteiger partial charge in [0, 0.05) is 16.4 Å². The van der Waals surface area contributed by atoms with Crippen molar-refractivity contribution in [3.63, 3.8) is 0 Å². The van der Waals surface area contributed by atoms with Gasteiger partial charge in [-0.3, -0.25) is 0 Å². The van der Waals surface area contributed by atoms with Crippen LogP contribution in [0.15, 0.2) is 42.5 Å². The minimum absolute atomic E-state index is 0.364. The Balaban J connectivity index is 2.07. The number of halogens is 1. The normalized spacial score (nSPS) is 9.95. The molecule has 0 aliphatic heterocycles. The van der Waals surface area contributed by atoms with Crippen molar-refractivity contribution in [2.45, 2.75) is 6.92 Å². The number of hydrogen-bond acceptors (Lipinski definition) is 3. The fourth-order valence-corrected chi connectivity index (χ4v) is 2.12. The summed E-state index contributed by atoms with van der Waals surface area (Å²) < 4.78 is 4.64. The lowest BCUT2D eigenvalue weighted by Gasteiger charge is -2.10. The van der Waals surface area contributed by atoms with E-state index in [0.717, 1.165) is 5.56 Å². The number of hydrogen-bond donors (Lipinski definition) is 2. The van der Waals surface area contributed by atoms with E-state index in [4.69, 9.17) is 11.6 Å². The van der Waals surface area contributed by atoms with E-state index in [-0.39, 0.29) is 0 Å². The number of urea groups is 1. The molecule has 2 N–H and O–H groups in total. The van der Waals surface area contributed by atoms with Crippen LogP contribution in [-0.4, -0.2) is 19.1 Å². The standard InChI is InChI=1S/C16H15ClN2O3/c1-10-8-12(17)6-7-14(10)19-16(21)18-13-5-3-4-11(9-13)15(20)22-2/h3-9H,1-2H3,(H2,18,19,21). The first-order valence-corrected chi connectivity index (χ1v) is 6.90. The number of rotatable bonds is 3. The second kappa shape index (κ2) is 6.95. The summed E-state index contributed by atoms with van der Waals surface area (Å²) >= 11 is 5.87. The molecule has 0 aromatic heterocycles. The summed E-state index contributed by atoms with van der Waals surface area (Å²) in [5.74, 6) is -0.461. The summed E-state index contributed by atoms with van der Waals surface area (Å²) in [5, 5.41) is 5.99. The Morgan fingerprint density at radius 3 is 2.55 bits per heavy atom. The summed E-state index contributed by atoms with van der Waals surface area (Å²) in [5.41, 5.74) is 2.37. The monoisotopic (exact) mass is 318 g/mol. The molecule has 0 spiro atoms. The van der Waals surface area contributed by atoms with Crippen LogP contribution < -0.4 is 10.6 Å². The van der Waals surface area contributed by atoms with Crippen LogP contribution in [0.3, 0.4) is 0 Å². The summed E-state index contributed by atoms with van der Waals surface area (Å²) in [6.45, 7) is 1.85. The average molecular weight is 319 g/mol. The number of ether oxygens (including phenoxy) is 1. The van der Waals surface area contributed by atoms with E-state index >= 15 is 0 Å². The molecule has 0 fully saturated rings. The summed E-state index contributed by atoms with van der Waals surface area (Å²) in [7, 11) is 1.30. The zero-order valence-corrected chi connectivity index (χ0v) is 12.9. The molecule has 0 aliphatic rings. The smallest absolute Gasteiger partial charge is 0.337 e. The maximum Gasteiger partial charge on any atom is 0.337 e. The fraction of sp³-hybridized carbons (Fsp3) is 0.125.